The molecular weight excluding hydrogens is 380 g/mol. The minimum atomic E-state index is -0.564. The molecule has 0 saturated heterocycles. The molecule has 2 aromatic rings. The summed E-state index contributed by atoms with van der Waals surface area (Å²) < 4.78 is 14.4. The van der Waals surface area contributed by atoms with Crippen LogP contribution in [0.25, 0.3) is 0 Å². The lowest BCUT2D eigenvalue weighted by Gasteiger charge is -2.18. The highest BCUT2D eigenvalue weighted by molar-refractivity contribution is 9.10. The Bertz CT molecular complexity index is 673. The topological polar surface area (TPSA) is 20.3 Å². The summed E-state index contributed by atoms with van der Waals surface area (Å²) in [5.41, 5.74) is 0.801. The van der Waals surface area contributed by atoms with E-state index in [1.54, 1.807) is 31.3 Å². The molecule has 6 heteroatoms. The zero-order valence-corrected chi connectivity index (χ0v) is 14.1. The van der Waals surface area contributed by atoms with Crippen molar-refractivity contribution in [3.63, 3.8) is 0 Å². The van der Waals surface area contributed by atoms with E-state index in [0.717, 1.165) is 5.56 Å². The Hall–Kier alpha value is -1.10. The Kier molecular flexibility index (Phi) is 5.25. The van der Waals surface area contributed by atoms with Crippen molar-refractivity contribution in [3.8, 4) is 0 Å². The van der Waals surface area contributed by atoms with Gasteiger partial charge in [0.2, 0.25) is 0 Å². The van der Waals surface area contributed by atoms with Crippen molar-refractivity contribution in [3.05, 3.63) is 67.9 Å². The molecule has 0 aromatic heterocycles. The number of halogens is 4. The molecule has 0 heterocycles. The van der Waals surface area contributed by atoms with Crippen LogP contribution >= 0.6 is 39.1 Å². The van der Waals surface area contributed by atoms with Crippen molar-refractivity contribution >= 4 is 45.0 Å². The number of carbonyl (C=O) groups excluding carboxylic acids is 1. The molecule has 0 aliphatic heterocycles. The Labute approximate surface area is 140 Å². The summed E-state index contributed by atoms with van der Waals surface area (Å²) in [6.07, 6.45) is 0. The summed E-state index contributed by atoms with van der Waals surface area (Å²) in [6, 6.07) is 9.38. The van der Waals surface area contributed by atoms with Gasteiger partial charge < -0.3 is 4.90 Å². The molecule has 21 heavy (non-hydrogen) atoms. The largest absolute Gasteiger partial charge is 0.337 e. The molecule has 0 aliphatic carbocycles. The third-order valence-electron chi connectivity index (χ3n) is 2.85. The molecule has 1 amide bonds. The molecule has 0 bridgehead atoms. The summed E-state index contributed by atoms with van der Waals surface area (Å²) >= 11 is 15.0. The molecule has 0 radical (unpaired) electrons. The van der Waals surface area contributed by atoms with Crippen LogP contribution in [0.1, 0.15) is 15.9 Å². The van der Waals surface area contributed by atoms with Gasteiger partial charge in [0.1, 0.15) is 5.82 Å². The van der Waals surface area contributed by atoms with E-state index in [0.29, 0.717) is 14.5 Å². The van der Waals surface area contributed by atoms with Gasteiger partial charge in [-0.1, -0.05) is 39.1 Å². The number of hydrogen-bond acceptors (Lipinski definition) is 1. The van der Waals surface area contributed by atoms with Gasteiger partial charge in [0, 0.05) is 28.1 Å². The van der Waals surface area contributed by atoms with E-state index < -0.39 is 11.7 Å². The van der Waals surface area contributed by atoms with Gasteiger partial charge in [-0.05, 0) is 42.0 Å². The Morgan fingerprint density at radius 1 is 1.19 bits per heavy atom. The van der Waals surface area contributed by atoms with Crippen molar-refractivity contribution in [1.29, 1.82) is 0 Å². The van der Waals surface area contributed by atoms with E-state index in [4.69, 9.17) is 23.2 Å². The second kappa shape index (κ2) is 6.77. The molecule has 110 valence electrons. The zero-order valence-electron chi connectivity index (χ0n) is 11.0. The smallest absolute Gasteiger partial charge is 0.256 e. The molecular formula is C15H11BrCl2FNO. The first-order valence-corrected chi connectivity index (χ1v) is 7.57. The molecule has 0 spiro atoms. The van der Waals surface area contributed by atoms with E-state index in [-0.39, 0.29) is 12.1 Å². The van der Waals surface area contributed by atoms with Gasteiger partial charge in [-0.15, -0.1) is 0 Å². The quantitative estimate of drug-likeness (QED) is 0.708. The van der Waals surface area contributed by atoms with Crippen LogP contribution in [0.3, 0.4) is 0 Å². The fraction of sp³-hybridized carbons (Fsp3) is 0.133. The van der Waals surface area contributed by atoms with Crippen LogP contribution in [0.4, 0.5) is 4.39 Å². The normalized spacial score (nSPS) is 10.5. The van der Waals surface area contributed by atoms with E-state index in [2.05, 4.69) is 15.9 Å². The lowest BCUT2D eigenvalue weighted by Crippen LogP contribution is -2.27. The van der Waals surface area contributed by atoms with Crippen LogP contribution in [0, 0.1) is 5.82 Å². The standard InChI is InChI=1S/C15H11BrCl2FNO/c1-20(8-9-4-11(17)7-12(18)5-9)15(21)13-3-2-10(16)6-14(13)19/h2-7H,8H2,1H3. The van der Waals surface area contributed by atoms with E-state index >= 15 is 0 Å². The highest BCUT2D eigenvalue weighted by atomic mass is 79.9. The summed E-state index contributed by atoms with van der Waals surface area (Å²) in [5.74, 6) is -0.971. The number of benzene rings is 2. The van der Waals surface area contributed by atoms with Gasteiger partial charge in [0.05, 0.1) is 5.56 Å². The molecule has 0 saturated carbocycles. The number of rotatable bonds is 3. The maximum Gasteiger partial charge on any atom is 0.256 e. The first-order chi connectivity index (χ1) is 9.86. The fourth-order valence-corrected chi connectivity index (χ4v) is 2.82. The molecule has 0 aliphatic rings. The molecule has 0 N–H and O–H groups in total. The van der Waals surface area contributed by atoms with Crippen molar-refractivity contribution in [1.82, 2.24) is 4.90 Å². The van der Waals surface area contributed by atoms with E-state index in [1.165, 1.54) is 17.0 Å². The van der Waals surface area contributed by atoms with Crippen molar-refractivity contribution in [2.75, 3.05) is 7.05 Å². The van der Waals surface area contributed by atoms with Crippen LogP contribution in [0.5, 0.6) is 0 Å². The average Bonchev–Trinajstić information content (AvgIpc) is 2.36. The second-order valence-corrected chi connectivity index (χ2v) is 6.35. The summed E-state index contributed by atoms with van der Waals surface area (Å²) in [4.78, 5) is 13.7. The first-order valence-electron chi connectivity index (χ1n) is 6.02. The molecule has 2 rings (SSSR count). The lowest BCUT2D eigenvalue weighted by atomic mass is 10.1. The Morgan fingerprint density at radius 2 is 1.81 bits per heavy atom. The zero-order chi connectivity index (χ0) is 15.6. The Morgan fingerprint density at radius 3 is 2.38 bits per heavy atom. The Balaban J connectivity index is 2.19. The van der Waals surface area contributed by atoms with Gasteiger partial charge in [-0.2, -0.15) is 0 Å². The SMILES string of the molecule is CN(Cc1cc(Cl)cc(Cl)c1)C(=O)c1ccc(Br)cc1F. The molecule has 2 aromatic carbocycles. The second-order valence-electron chi connectivity index (χ2n) is 4.56. The molecule has 0 atom stereocenters. The van der Waals surface area contributed by atoms with E-state index in [9.17, 15) is 9.18 Å². The predicted octanol–water partition coefficient (Wildman–Crippen LogP) is 5.17. The van der Waals surface area contributed by atoms with Crippen LogP contribution < -0.4 is 0 Å². The van der Waals surface area contributed by atoms with E-state index in [1.807, 2.05) is 0 Å². The van der Waals surface area contributed by atoms with Gasteiger partial charge in [0.25, 0.3) is 5.91 Å². The predicted molar refractivity (Wildman–Crippen MR) is 86.4 cm³/mol. The van der Waals surface area contributed by atoms with Crippen LogP contribution in [-0.4, -0.2) is 17.9 Å². The number of nitrogens with zero attached hydrogens (tertiary/aromatic N) is 1. The van der Waals surface area contributed by atoms with Crippen LogP contribution in [0.15, 0.2) is 40.9 Å². The summed E-state index contributed by atoms with van der Waals surface area (Å²) in [7, 11) is 1.60. The number of hydrogen-bond donors (Lipinski definition) is 0. The molecule has 0 fully saturated rings. The van der Waals surface area contributed by atoms with Crippen molar-refractivity contribution < 1.29 is 9.18 Å². The third-order valence-corrected chi connectivity index (χ3v) is 3.78. The third kappa shape index (κ3) is 4.19. The maximum atomic E-state index is 13.8. The van der Waals surface area contributed by atoms with Gasteiger partial charge in [0.15, 0.2) is 0 Å². The van der Waals surface area contributed by atoms with Gasteiger partial charge >= 0.3 is 0 Å². The fourth-order valence-electron chi connectivity index (χ4n) is 1.92. The summed E-state index contributed by atoms with van der Waals surface area (Å²) in [6.45, 7) is 0.286. The van der Waals surface area contributed by atoms with Gasteiger partial charge in [-0.25, -0.2) is 4.39 Å². The average molecular weight is 391 g/mol. The molecule has 0 unspecified atom stereocenters. The minimum absolute atomic E-state index is 0.0221. The minimum Gasteiger partial charge on any atom is -0.337 e. The number of amides is 1. The summed E-state index contributed by atoms with van der Waals surface area (Å²) in [5, 5.41) is 0.987. The highest BCUT2D eigenvalue weighted by Gasteiger charge is 2.16. The first kappa shape index (κ1) is 16.3. The van der Waals surface area contributed by atoms with Crippen LogP contribution in [-0.2, 0) is 6.54 Å². The highest BCUT2D eigenvalue weighted by Crippen LogP contribution is 2.21. The van der Waals surface area contributed by atoms with Crippen molar-refractivity contribution in [2.45, 2.75) is 6.54 Å². The maximum absolute atomic E-state index is 13.8. The van der Waals surface area contributed by atoms with Gasteiger partial charge in [-0.3, -0.25) is 4.79 Å². The lowest BCUT2D eigenvalue weighted by molar-refractivity contribution is 0.0780. The monoisotopic (exact) mass is 389 g/mol. The van der Waals surface area contributed by atoms with Crippen molar-refractivity contribution in [2.24, 2.45) is 0 Å². The number of carbonyl (C=O) groups is 1. The van der Waals surface area contributed by atoms with Crippen LogP contribution in [0.2, 0.25) is 10.0 Å². The molecule has 2 nitrogen and oxygen atoms in total.